The van der Waals surface area contributed by atoms with Gasteiger partial charge in [0.15, 0.2) is 0 Å². The van der Waals surface area contributed by atoms with E-state index in [1.807, 2.05) is 13.8 Å². The second-order valence-electron chi connectivity index (χ2n) is 5.98. The fourth-order valence-corrected chi connectivity index (χ4v) is 1.85. The van der Waals surface area contributed by atoms with Gasteiger partial charge >= 0.3 is 6.09 Å². The molecule has 21 heavy (non-hydrogen) atoms. The maximum absolute atomic E-state index is 13.8. The van der Waals surface area contributed by atoms with E-state index in [1.165, 1.54) is 12.1 Å². The van der Waals surface area contributed by atoms with Gasteiger partial charge in [0.05, 0.1) is 5.69 Å². The van der Waals surface area contributed by atoms with Crippen LogP contribution in [0.5, 0.6) is 0 Å². The predicted octanol–water partition coefficient (Wildman–Crippen LogP) is 4.77. The van der Waals surface area contributed by atoms with Crippen molar-refractivity contribution < 1.29 is 13.9 Å². The highest BCUT2D eigenvalue weighted by Gasteiger charge is 2.17. The predicted molar refractivity (Wildman–Crippen MR) is 84.2 cm³/mol. The molecule has 118 valence electrons. The topological polar surface area (TPSA) is 50.4 Å². The number of benzene rings is 1. The minimum absolute atomic E-state index is 0.205. The summed E-state index contributed by atoms with van der Waals surface area (Å²) in [6, 6.07) is 4.63. The van der Waals surface area contributed by atoms with Crippen LogP contribution in [0.1, 0.15) is 47.5 Å². The number of ether oxygens (including phenoxy) is 1. The third-order valence-electron chi connectivity index (χ3n) is 2.96. The molecule has 1 aromatic rings. The highest BCUT2D eigenvalue weighted by atomic mass is 19.1. The first-order valence-corrected chi connectivity index (χ1v) is 7.31. The maximum atomic E-state index is 13.8. The Bertz CT molecular complexity index is 480. The third-order valence-corrected chi connectivity index (χ3v) is 2.96. The van der Waals surface area contributed by atoms with Gasteiger partial charge in [-0.1, -0.05) is 13.8 Å². The molecule has 2 N–H and O–H groups in total. The summed E-state index contributed by atoms with van der Waals surface area (Å²) in [5.41, 5.74) is 0.317. The van der Waals surface area contributed by atoms with Crippen LogP contribution in [0.3, 0.4) is 0 Å². The van der Waals surface area contributed by atoms with Crippen molar-refractivity contribution in [3.05, 3.63) is 24.0 Å². The average molecular weight is 296 g/mol. The van der Waals surface area contributed by atoms with Crippen molar-refractivity contribution in [1.82, 2.24) is 0 Å². The van der Waals surface area contributed by atoms with E-state index >= 15 is 0 Å². The molecule has 0 saturated heterocycles. The lowest BCUT2D eigenvalue weighted by Gasteiger charge is -2.20. The van der Waals surface area contributed by atoms with Gasteiger partial charge in [-0.05, 0) is 51.8 Å². The Morgan fingerprint density at radius 3 is 2.43 bits per heavy atom. The molecule has 0 heterocycles. The molecule has 5 heteroatoms. The van der Waals surface area contributed by atoms with E-state index in [4.69, 9.17) is 4.74 Å². The Kier molecular flexibility index (Phi) is 6.00. The van der Waals surface area contributed by atoms with Gasteiger partial charge in [-0.3, -0.25) is 5.32 Å². The monoisotopic (exact) mass is 296 g/mol. The Hall–Kier alpha value is -1.78. The molecule has 0 aliphatic rings. The van der Waals surface area contributed by atoms with Crippen molar-refractivity contribution in [3.8, 4) is 0 Å². The molecule has 0 radical (unpaired) electrons. The molecule has 0 aliphatic heterocycles. The molecule has 1 aromatic carbocycles. The summed E-state index contributed by atoms with van der Waals surface area (Å²) in [6.07, 6.45) is 1.25. The first-order chi connectivity index (χ1) is 9.75. The molecule has 0 bridgehead atoms. The summed E-state index contributed by atoms with van der Waals surface area (Å²) in [4.78, 5) is 11.7. The second-order valence-corrected chi connectivity index (χ2v) is 5.98. The summed E-state index contributed by atoms with van der Waals surface area (Å²) >= 11 is 0. The minimum Gasteiger partial charge on any atom is -0.444 e. The maximum Gasteiger partial charge on any atom is 0.412 e. The van der Waals surface area contributed by atoms with E-state index in [0.29, 0.717) is 11.4 Å². The quantitative estimate of drug-likeness (QED) is 0.822. The van der Waals surface area contributed by atoms with Gasteiger partial charge in [-0.2, -0.15) is 0 Å². The van der Waals surface area contributed by atoms with Crippen LogP contribution in [-0.2, 0) is 4.74 Å². The highest BCUT2D eigenvalue weighted by Crippen LogP contribution is 2.22. The van der Waals surface area contributed by atoms with E-state index in [1.54, 1.807) is 26.8 Å². The zero-order valence-electron chi connectivity index (χ0n) is 13.4. The lowest BCUT2D eigenvalue weighted by atomic mass is 10.1. The lowest BCUT2D eigenvalue weighted by molar-refractivity contribution is 0.0636. The number of hydrogen-bond donors (Lipinski definition) is 2. The fraction of sp³-hybridized carbons (Fsp3) is 0.562. The number of nitrogens with one attached hydrogen (secondary N) is 2. The van der Waals surface area contributed by atoms with Gasteiger partial charge in [0.2, 0.25) is 0 Å². The first kappa shape index (κ1) is 17.3. The summed E-state index contributed by atoms with van der Waals surface area (Å²) < 4.78 is 19.0. The molecule has 1 rings (SSSR count). The van der Waals surface area contributed by atoms with E-state index < -0.39 is 11.7 Å². The Balaban J connectivity index is 2.79. The number of carbonyl (C=O) groups is 1. The number of carbonyl (C=O) groups excluding carboxylic acids is 1. The largest absolute Gasteiger partial charge is 0.444 e. The number of rotatable bonds is 5. The van der Waals surface area contributed by atoms with Crippen molar-refractivity contribution >= 4 is 17.5 Å². The summed E-state index contributed by atoms with van der Waals surface area (Å²) in [5, 5.41) is 5.75. The van der Waals surface area contributed by atoms with Crippen LogP contribution in [-0.4, -0.2) is 17.7 Å². The van der Waals surface area contributed by atoms with E-state index in [0.717, 1.165) is 12.8 Å². The van der Waals surface area contributed by atoms with Crippen LogP contribution in [0.25, 0.3) is 0 Å². The molecule has 0 saturated carbocycles. The van der Waals surface area contributed by atoms with Crippen LogP contribution in [0.15, 0.2) is 18.2 Å². The Morgan fingerprint density at radius 2 is 1.90 bits per heavy atom. The molecule has 4 nitrogen and oxygen atoms in total. The van der Waals surface area contributed by atoms with Crippen molar-refractivity contribution in [1.29, 1.82) is 0 Å². The summed E-state index contributed by atoms with van der Waals surface area (Å²) in [6.45, 7) is 9.45. The van der Waals surface area contributed by atoms with Crippen molar-refractivity contribution in [2.45, 2.75) is 59.1 Å². The van der Waals surface area contributed by atoms with Crippen LogP contribution in [0.4, 0.5) is 20.6 Å². The van der Waals surface area contributed by atoms with Gasteiger partial charge in [0.25, 0.3) is 0 Å². The van der Waals surface area contributed by atoms with Crippen molar-refractivity contribution in [2.24, 2.45) is 0 Å². The van der Waals surface area contributed by atoms with Crippen LogP contribution >= 0.6 is 0 Å². The highest BCUT2D eigenvalue weighted by molar-refractivity contribution is 5.85. The van der Waals surface area contributed by atoms with Crippen LogP contribution in [0.2, 0.25) is 0 Å². The molecular formula is C16H25FN2O2. The van der Waals surface area contributed by atoms with E-state index in [2.05, 4.69) is 10.6 Å². The number of hydrogen-bond acceptors (Lipinski definition) is 3. The molecule has 0 aliphatic carbocycles. The smallest absolute Gasteiger partial charge is 0.412 e. The van der Waals surface area contributed by atoms with Gasteiger partial charge in [0.1, 0.15) is 11.4 Å². The van der Waals surface area contributed by atoms with Crippen molar-refractivity contribution in [2.75, 3.05) is 10.6 Å². The average Bonchev–Trinajstić information content (AvgIpc) is 2.37. The zero-order valence-corrected chi connectivity index (χ0v) is 13.4. The SMILES string of the molecule is CCC(CC)Nc1cc(NC(=O)OC(C)(C)C)ccc1F. The van der Waals surface area contributed by atoms with Gasteiger partial charge in [0, 0.05) is 11.7 Å². The fourth-order valence-electron chi connectivity index (χ4n) is 1.85. The summed E-state index contributed by atoms with van der Waals surface area (Å²) in [5.74, 6) is -0.336. The van der Waals surface area contributed by atoms with Crippen LogP contribution in [0, 0.1) is 5.82 Å². The van der Waals surface area contributed by atoms with E-state index in [9.17, 15) is 9.18 Å². The molecule has 1 amide bonds. The molecule has 0 spiro atoms. The van der Waals surface area contributed by atoms with Gasteiger partial charge < -0.3 is 10.1 Å². The van der Waals surface area contributed by atoms with Crippen LogP contribution < -0.4 is 10.6 Å². The standard InChI is InChI=1S/C16H25FN2O2/c1-6-11(7-2)18-14-10-12(8-9-13(14)17)19-15(20)21-16(3,4)5/h8-11,18H,6-7H2,1-5H3,(H,19,20). The molecule has 0 unspecified atom stereocenters. The third kappa shape index (κ3) is 6.02. The Morgan fingerprint density at radius 1 is 1.29 bits per heavy atom. The molecule has 0 aromatic heterocycles. The van der Waals surface area contributed by atoms with E-state index in [-0.39, 0.29) is 11.9 Å². The molecule has 0 atom stereocenters. The molecular weight excluding hydrogens is 271 g/mol. The summed E-state index contributed by atoms with van der Waals surface area (Å²) in [7, 11) is 0. The lowest BCUT2D eigenvalue weighted by Crippen LogP contribution is -2.27. The number of amides is 1. The second kappa shape index (κ2) is 7.29. The minimum atomic E-state index is -0.569. The number of halogens is 1. The molecule has 0 fully saturated rings. The first-order valence-electron chi connectivity index (χ1n) is 7.31. The normalized spacial score (nSPS) is 11.4. The Labute approximate surface area is 126 Å². The van der Waals surface area contributed by atoms with Gasteiger partial charge in [-0.25, -0.2) is 9.18 Å². The zero-order chi connectivity index (χ0) is 16.0. The van der Waals surface area contributed by atoms with Gasteiger partial charge in [-0.15, -0.1) is 0 Å². The number of anilines is 2. The van der Waals surface area contributed by atoms with Crippen molar-refractivity contribution in [3.63, 3.8) is 0 Å².